The van der Waals surface area contributed by atoms with Gasteiger partial charge in [0.25, 0.3) is 11.8 Å². The van der Waals surface area contributed by atoms with Crippen molar-refractivity contribution in [3.05, 3.63) is 66.5 Å². The summed E-state index contributed by atoms with van der Waals surface area (Å²) in [6.45, 7) is 7.01. The van der Waals surface area contributed by atoms with Crippen molar-refractivity contribution >= 4 is 34.9 Å². The summed E-state index contributed by atoms with van der Waals surface area (Å²) in [5.41, 5.74) is 2.24. The number of alkyl halides is 5. The fourth-order valence-corrected chi connectivity index (χ4v) is 3.71. The molecule has 13 heteroatoms. The second-order valence-electron chi connectivity index (χ2n) is 8.19. The molecule has 202 valence electrons. The molecule has 3 aromatic rings. The Balaban J connectivity index is 0.000000505. The SMILES string of the molecule is C=Cc1ccc(OC2CN(C(=O)c3nn(C)c4ccccc34)CCC2(F)F)nc1C=C.O=C(O)C(F)(F)F. The van der Waals surface area contributed by atoms with Crippen molar-refractivity contribution < 1.29 is 41.4 Å². The number of hydrogen-bond acceptors (Lipinski definition) is 5. The van der Waals surface area contributed by atoms with Crippen LogP contribution >= 0.6 is 0 Å². The Kier molecular flexibility index (Phi) is 8.18. The van der Waals surface area contributed by atoms with E-state index in [-0.39, 0.29) is 24.7 Å². The number of aryl methyl sites for hydroxylation is 1. The second-order valence-corrected chi connectivity index (χ2v) is 8.19. The van der Waals surface area contributed by atoms with Crippen LogP contribution in [0.5, 0.6) is 5.88 Å². The Bertz CT molecular complexity index is 1370. The van der Waals surface area contributed by atoms with Crippen molar-refractivity contribution in [1.82, 2.24) is 19.7 Å². The van der Waals surface area contributed by atoms with Gasteiger partial charge in [0, 0.05) is 31.5 Å². The fraction of sp³-hybridized carbons (Fsp3) is 0.280. The van der Waals surface area contributed by atoms with E-state index in [2.05, 4.69) is 23.2 Å². The predicted octanol–water partition coefficient (Wildman–Crippen LogP) is 4.82. The Morgan fingerprint density at radius 3 is 2.42 bits per heavy atom. The van der Waals surface area contributed by atoms with E-state index in [9.17, 15) is 26.7 Å². The highest BCUT2D eigenvalue weighted by Gasteiger charge is 2.47. The van der Waals surface area contributed by atoms with Gasteiger partial charge in [0.2, 0.25) is 5.88 Å². The predicted molar refractivity (Wildman–Crippen MR) is 129 cm³/mol. The third kappa shape index (κ3) is 6.15. The van der Waals surface area contributed by atoms with Crippen LogP contribution in [-0.2, 0) is 11.8 Å². The van der Waals surface area contributed by atoms with Crippen molar-refractivity contribution in [2.75, 3.05) is 13.1 Å². The highest BCUT2D eigenvalue weighted by atomic mass is 19.4. The minimum Gasteiger partial charge on any atom is -0.475 e. The molecule has 8 nitrogen and oxygen atoms in total. The van der Waals surface area contributed by atoms with E-state index < -0.39 is 36.5 Å². The third-order valence-corrected chi connectivity index (χ3v) is 5.67. The lowest BCUT2D eigenvalue weighted by Crippen LogP contribution is -2.55. The Labute approximate surface area is 213 Å². The quantitative estimate of drug-likeness (QED) is 0.468. The molecule has 3 heterocycles. The van der Waals surface area contributed by atoms with E-state index in [0.29, 0.717) is 11.1 Å². The van der Waals surface area contributed by atoms with Gasteiger partial charge < -0.3 is 14.7 Å². The van der Waals surface area contributed by atoms with Crippen molar-refractivity contribution in [2.45, 2.75) is 24.6 Å². The largest absolute Gasteiger partial charge is 0.490 e. The standard InChI is InChI=1S/C23H22F2N4O2.C2HF3O2/c1-4-15-10-11-20(26-17(15)5-2)31-19-14-29(13-12-23(19,24)25)22(30)21-16-8-6-7-9-18(16)28(3)27-21;3-2(4,5)1(6)7/h4-11,19H,1-2,12-14H2,3H3;(H,6,7). The molecule has 1 fully saturated rings. The normalized spacial score (nSPS) is 16.8. The highest BCUT2D eigenvalue weighted by molar-refractivity contribution is 6.04. The molecule has 0 spiro atoms. The van der Waals surface area contributed by atoms with Gasteiger partial charge in [-0.25, -0.2) is 18.6 Å². The number of pyridine rings is 1. The average molecular weight is 538 g/mol. The maximum absolute atomic E-state index is 14.6. The van der Waals surface area contributed by atoms with E-state index in [4.69, 9.17) is 14.6 Å². The summed E-state index contributed by atoms with van der Waals surface area (Å²) >= 11 is 0. The van der Waals surface area contributed by atoms with Crippen LogP contribution in [-0.4, -0.2) is 67.9 Å². The number of hydrogen-bond donors (Lipinski definition) is 1. The molecule has 1 N–H and O–H groups in total. The number of aromatic nitrogens is 3. The number of halogens is 5. The average Bonchev–Trinajstić information content (AvgIpc) is 3.21. The van der Waals surface area contributed by atoms with E-state index in [1.54, 1.807) is 29.9 Å². The molecule has 0 bridgehead atoms. The Morgan fingerprint density at radius 2 is 1.82 bits per heavy atom. The first-order valence-corrected chi connectivity index (χ1v) is 11.1. The highest BCUT2D eigenvalue weighted by Crippen LogP contribution is 2.33. The minimum atomic E-state index is -5.08. The topological polar surface area (TPSA) is 97.5 Å². The van der Waals surface area contributed by atoms with Gasteiger partial charge in [0.15, 0.2) is 11.8 Å². The van der Waals surface area contributed by atoms with E-state index >= 15 is 0 Å². The van der Waals surface area contributed by atoms with Crippen LogP contribution in [0.1, 0.15) is 28.2 Å². The smallest absolute Gasteiger partial charge is 0.475 e. The van der Waals surface area contributed by atoms with Crippen LogP contribution in [0.15, 0.2) is 49.6 Å². The number of ether oxygens (including phenoxy) is 1. The molecule has 0 saturated carbocycles. The zero-order valence-corrected chi connectivity index (χ0v) is 20.1. The van der Waals surface area contributed by atoms with Gasteiger partial charge in [-0.1, -0.05) is 37.4 Å². The van der Waals surface area contributed by atoms with Gasteiger partial charge >= 0.3 is 12.1 Å². The number of aliphatic carboxylic acids is 1. The number of carbonyl (C=O) groups excluding carboxylic acids is 1. The number of piperidine rings is 1. The molecule has 1 unspecified atom stereocenters. The fourth-order valence-electron chi connectivity index (χ4n) is 3.71. The molecule has 1 atom stereocenters. The summed E-state index contributed by atoms with van der Waals surface area (Å²) in [4.78, 5) is 27.6. The number of para-hydroxylation sites is 1. The van der Waals surface area contributed by atoms with Gasteiger partial charge in [-0.15, -0.1) is 0 Å². The number of rotatable bonds is 5. The molecule has 0 aliphatic carbocycles. The van der Waals surface area contributed by atoms with Gasteiger partial charge in [0.05, 0.1) is 17.8 Å². The number of carboxylic acid groups (broad SMARTS) is 1. The van der Waals surface area contributed by atoms with Crippen LogP contribution in [0.3, 0.4) is 0 Å². The van der Waals surface area contributed by atoms with Crippen molar-refractivity contribution in [3.8, 4) is 5.88 Å². The lowest BCUT2D eigenvalue weighted by molar-refractivity contribution is -0.192. The number of fused-ring (bicyclic) bond motifs is 1. The Hall–Kier alpha value is -4.29. The van der Waals surface area contributed by atoms with Crippen LogP contribution in [0.4, 0.5) is 22.0 Å². The van der Waals surface area contributed by atoms with Crippen LogP contribution in [0.25, 0.3) is 23.1 Å². The van der Waals surface area contributed by atoms with Crippen LogP contribution in [0, 0.1) is 0 Å². The maximum Gasteiger partial charge on any atom is 0.490 e. The number of carboxylic acids is 1. The molecular weight excluding hydrogens is 515 g/mol. The molecular formula is C25H23F5N4O4. The van der Waals surface area contributed by atoms with Gasteiger partial charge in [-0.3, -0.25) is 9.48 Å². The number of benzene rings is 1. The minimum absolute atomic E-state index is 0.0442. The molecule has 1 amide bonds. The third-order valence-electron chi connectivity index (χ3n) is 5.67. The lowest BCUT2D eigenvalue weighted by atomic mass is 10.0. The van der Waals surface area contributed by atoms with E-state index in [0.717, 1.165) is 11.1 Å². The zero-order chi connectivity index (χ0) is 28.3. The van der Waals surface area contributed by atoms with Crippen LogP contribution in [0.2, 0.25) is 0 Å². The van der Waals surface area contributed by atoms with Crippen molar-refractivity contribution in [2.24, 2.45) is 7.05 Å². The molecule has 4 rings (SSSR count). The molecule has 1 saturated heterocycles. The molecule has 2 aromatic heterocycles. The summed E-state index contributed by atoms with van der Waals surface area (Å²) in [5.74, 6) is -6.21. The van der Waals surface area contributed by atoms with E-state index in [1.165, 1.54) is 17.0 Å². The summed E-state index contributed by atoms with van der Waals surface area (Å²) in [5, 5.41) is 12.1. The first kappa shape index (κ1) is 28.3. The summed E-state index contributed by atoms with van der Waals surface area (Å²) in [6, 6.07) is 10.5. The Morgan fingerprint density at radius 1 is 1.16 bits per heavy atom. The van der Waals surface area contributed by atoms with Gasteiger partial charge in [-0.05, 0) is 23.8 Å². The summed E-state index contributed by atoms with van der Waals surface area (Å²) < 4.78 is 68.2. The van der Waals surface area contributed by atoms with Crippen molar-refractivity contribution in [1.29, 1.82) is 0 Å². The molecule has 38 heavy (non-hydrogen) atoms. The first-order valence-electron chi connectivity index (χ1n) is 11.1. The number of amides is 1. The first-order chi connectivity index (χ1) is 17.8. The van der Waals surface area contributed by atoms with Gasteiger partial charge in [-0.2, -0.15) is 18.3 Å². The molecule has 1 aromatic carbocycles. The number of carbonyl (C=O) groups is 2. The van der Waals surface area contributed by atoms with E-state index in [1.807, 2.05) is 18.2 Å². The monoisotopic (exact) mass is 538 g/mol. The summed E-state index contributed by atoms with van der Waals surface area (Å²) in [6.07, 6.45) is -4.02. The zero-order valence-electron chi connectivity index (χ0n) is 20.1. The number of nitrogens with zero attached hydrogens (tertiary/aromatic N) is 4. The second kappa shape index (κ2) is 11.0. The maximum atomic E-state index is 14.6. The molecule has 0 radical (unpaired) electrons. The molecule has 1 aliphatic rings. The lowest BCUT2D eigenvalue weighted by Gasteiger charge is -2.37. The van der Waals surface area contributed by atoms with Crippen LogP contribution < -0.4 is 4.74 Å². The van der Waals surface area contributed by atoms with Crippen molar-refractivity contribution in [3.63, 3.8) is 0 Å². The molecule has 1 aliphatic heterocycles. The number of likely N-dealkylation sites (tertiary alicyclic amines) is 1. The van der Waals surface area contributed by atoms with Gasteiger partial charge in [0.1, 0.15) is 0 Å². The summed E-state index contributed by atoms with van der Waals surface area (Å²) in [7, 11) is 1.74.